The Morgan fingerprint density at radius 1 is 1.23 bits per heavy atom. The normalized spacial score (nSPS) is 14.2. The van der Waals surface area contributed by atoms with Crippen molar-refractivity contribution < 1.29 is 19.4 Å². The van der Waals surface area contributed by atoms with Gasteiger partial charge in [-0.25, -0.2) is 9.59 Å². The van der Waals surface area contributed by atoms with Crippen molar-refractivity contribution in [3.8, 4) is 5.75 Å². The van der Waals surface area contributed by atoms with E-state index in [2.05, 4.69) is 4.74 Å². The molecule has 0 amide bonds. The zero-order chi connectivity index (χ0) is 9.59. The third kappa shape index (κ3) is 0.917. The van der Waals surface area contributed by atoms with Gasteiger partial charge in [-0.2, -0.15) is 0 Å². The lowest BCUT2D eigenvalue weighted by molar-refractivity contribution is 0.0443. The second-order valence-electron chi connectivity index (χ2n) is 2.81. The molecule has 0 bridgehead atoms. The van der Waals surface area contributed by atoms with Gasteiger partial charge in [-0.15, -0.1) is 0 Å². The molecule has 2 rings (SSSR count). The molecule has 0 aliphatic carbocycles. The smallest absolute Gasteiger partial charge is 0.347 e. The number of cyclic esters (lactones) is 2. The van der Waals surface area contributed by atoms with Crippen molar-refractivity contribution in [3.05, 3.63) is 28.8 Å². The summed E-state index contributed by atoms with van der Waals surface area (Å²) in [6.07, 6.45) is 0. The van der Waals surface area contributed by atoms with E-state index in [1.165, 1.54) is 12.1 Å². The highest BCUT2D eigenvalue weighted by molar-refractivity contribution is 6.15. The van der Waals surface area contributed by atoms with Crippen LogP contribution in [-0.2, 0) is 4.74 Å². The Bertz CT molecular complexity index is 420. The number of phenols is 1. The number of fused-ring (bicyclic) bond motifs is 1. The molecule has 0 spiro atoms. The average molecular weight is 178 g/mol. The van der Waals surface area contributed by atoms with Gasteiger partial charge >= 0.3 is 11.9 Å². The lowest BCUT2D eigenvalue weighted by atomic mass is 10.0. The van der Waals surface area contributed by atoms with Crippen LogP contribution in [0, 0.1) is 6.92 Å². The van der Waals surface area contributed by atoms with Crippen LogP contribution >= 0.6 is 0 Å². The van der Waals surface area contributed by atoms with Gasteiger partial charge in [0.15, 0.2) is 0 Å². The summed E-state index contributed by atoms with van der Waals surface area (Å²) in [6.45, 7) is 1.56. The number of aromatic hydroxyl groups is 1. The standard InChI is InChI=1S/C9H6O4/c1-4-6(10)3-2-5-7(4)9(12)13-8(5)11/h2-3,10H,1H3. The highest BCUT2D eigenvalue weighted by atomic mass is 16.6. The van der Waals surface area contributed by atoms with Crippen molar-refractivity contribution in [1.82, 2.24) is 0 Å². The summed E-state index contributed by atoms with van der Waals surface area (Å²) in [6, 6.07) is 2.75. The van der Waals surface area contributed by atoms with Gasteiger partial charge < -0.3 is 9.84 Å². The fraction of sp³-hybridized carbons (Fsp3) is 0.111. The molecule has 0 unspecified atom stereocenters. The van der Waals surface area contributed by atoms with Crippen molar-refractivity contribution in [3.63, 3.8) is 0 Å². The van der Waals surface area contributed by atoms with E-state index in [1.54, 1.807) is 6.92 Å². The minimum absolute atomic E-state index is 0.00889. The van der Waals surface area contributed by atoms with E-state index in [9.17, 15) is 14.7 Å². The quantitative estimate of drug-likeness (QED) is 0.475. The van der Waals surface area contributed by atoms with Crippen molar-refractivity contribution in [2.75, 3.05) is 0 Å². The van der Waals surface area contributed by atoms with Gasteiger partial charge in [0.25, 0.3) is 0 Å². The maximum atomic E-state index is 11.1. The van der Waals surface area contributed by atoms with Gasteiger partial charge in [-0.1, -0.05) is 0 Å². The molecule has 1 N–H and O–H groups in total. The number of benzene rings is 1. The van der Waals surface area contributed by atoms with E-state index in [4.69, 9.17) is 0 Å². The summed E-state index contributed by atoms with van der Waals surface area (Å²) in [5.74, 6) is -1.35. The van der Waals surface area contributed by atoms with Crippen LogP contribution in [0.3, 0.4) is 0 Å². The SMILES string of the molecule is Cc1c(O)ccc2c1C(=O)OC2=O. The summed E-state index contributed by atoms with van der Waals surface area (Å²) in [5.41, 5.74) is 0.777. The first kappa shape index (κ1) is 7.79. The molecule has 1 aromatic carbocycles. The molecular weight excluding hydrogens is 172 g/mol. The summed E-state index contributed by atoms with van der Waals surface area (Å²) >= 11 is 0. The largest absolute Gasteiger partial charge is 0.508 e. The van der Waals surface area contributed by atoms with Crippen molar-refractivity contribution in [2.24, 2.45) is 0 Å². The molecule has 1 aromatic rings. The maximum absolute atomic E-state index is 11.1. The van der Waals surface area contributed by atoms with Crippen LogP contribution in [0.2, 0.25) is 0 Å². The number of carbonyl (C=O) groups excluding carboxylic acids is 2. The summed E-state index contributed by atoms with van der Waals surface area (Å²) in [5, 5.41) is 9.27. The van der Waals surface area contributed by atoms with Crippen LogP contribution in [0.5, 0.6) is 5.75 Å². The fourth-order valence-corrected chi connectivity index (χ4v) is 1.32. The van der Waals surface area contributed by atoms with Crippen molar-refractivity contribution in [1.29, 1.82) is 0 Å². The predicted molar refractivity (Wildman–Crippen MR) is 42.6 cm³/mol. The van der Waals surface area contributed by atoms with Crippen LogP contribution in [-0.4, -0.2) is 17.0 Å². The van der Waals surface area contributed by atoms with E-state index >= 15 is 0 Å². The first-order chi connectivity index (χ1) is 6.11. The highest BCUT2D eigenvalue weighted by Gasteiger charge is 2.31. The first-order valence-corrected chi connectivity index (χ1v) is 3.70. The molecule has 13 heavy (non-hydrogen) atoms. The van der Waals surface area contributed by atoms with Gasteiger partial charge in [0.1, 0.15) is 5.75 Å². The van der Waals surface area contributed by atoms with Gasteiger partial charge in [0.2, 0.25) is 0 Å². The summed E-state index contributed by atoms with van der Waals surface area (Å²) in [7, 11) is 0. The van der Waals surface area contributed by atoms with Crippen LogP contribution < -0.4 is 0 Å². The second kappa shape index (κ2) is 2.32. The lowest BCUT2D eigenvalue weighted by Crippen LogP contribution is -1.98. The molecule has 0 saturated heterocycles. The second-order valence-corrected chi connectivity index (χ2v) is 2.81. The fourth-order valence-electron chi connectivity index (χ4n) is 1.32. The van der Waals surface area contributed by atoms with Crippen LogP contribution in [0.4, 0.5) is 0 Å². The first-order valence-electron chi connectivity index (χ1n) is 3.70. The highest BCUT2D eigenvalue weighted by Crippen LogP contribution is 2.28. The number of carbonyl (C=O) groups is 2. The molecule has 0 atom stereocenters. The molecule has 0 radical (unpaired) electrons. The average Bonchev–Trinajstić information content (AvgIpc) is 2.35. The zero-order valence-electron chi connectivity index (χ0n) is 6.83. The predicted octanol–water partition coefficient (Wildman–Crippen LogP) is 1.01. The van der Waals surface area contributed by atoms with Crippen LogP contribution in [0.15, 0.2) is 12.1 Å². The Hall–Kier alpha value is -1.84. The molecule has 1 heterocycles. The molecule has 1 aliphatic heterocycles. The van der Waals surface area contributed by atoms with Crippen molar-refractivity contribution >= 4 is 11.9 Å². The zero-order valence-corrected chi connectivity index (χ0v) is 6.83. The minimum atomic E-state index is -0.687. The molecule has 4 nitrogen and oxygen atoms in total. The van der Waals surface area contributed by atoms with Crippen molar-refractivity contribution in [2.45, 2.75) is 6.92 Å². The molecule has 1 aliphatic rings. The molecule has 0 saturated carbocycles. The Kier molecular flexibility index (Phi) is 1.39. The Morgan fingerprint density at radius 2 is 1.92 bits per heavy atom. The Balaban J connectivity index is 2.78. The van der Waals surface area contributed by atoms with Crippen LogP contribution in [0.25, 0.3) is 0 Å². The third-order valence-electron chi connectivity index (χ3n) is 2.05. The third-order valence-corrected chi connectivity index (χ3v) is 2.05. The van der Waals surface area contributed by atoms with Gasteiger partial charge in [0.05, 0.1) is 11.1 Å². The molecule has 0 aromatic heterocycles. The number of phenolic OH excluding ortho intramolecular Hbond substituents is 1. The Morgan fingerprint density at radius 3 is 2.62 bits per heavy atom. The molecule has 0 fully saturated rings. The number of esters is 2. The van der Waals surface area contributed by atoms with E-state index < -0.39 is 11.9 Å². The number of hydrogen-bond acceptors (Lipinski definition) is 4. The number of ether oxygens (including phenoxy) is 1. The van der Waals surface area contributed by atoms with E-state index in [-0.39, 0.29) is 16.9 Å². The van der Waals surface area contributed by atoms with E-state index in [1.807, 2.05) is 0 Å². The lowest BCUT2D eigenvalue weighted by Gasteiger charge is -2.00. The monoisotopic (exact) mass is 178 g/mol. The summed E-state index contributed by atoms with van der Waals surface area (Å²) in [4.78, 5) is 22.1. The maximum Gasteiger partial charge on any atom is 0.347 e. The minimum Gasteiger partial charge on any atom is -0.508 e. The van der Waals surface area contributed by atoms with Crippen LogP contribution in [0.1, 0.15) is 26.3 Å². The topological polar surface area (TPSA) is 63.6 Å². The van der Waals surface area contributed by atoms with Gasteiger partial charge in [-0.05, 0) is 19.1 Å². The Labute approximate surface area is 73.8 Å². The molecule has 4 heteroatoms. The molecule has 66 valence electrons. The van der Waals surface area contributed by atoms with E-state index in [0.717, 1.165) is 0 Å². The van der Waals surface area contributed by atoms with E-state index in [0.29, 0.717) is 5.56 Å². The summed E-state index contributed by atoms with van der Waals surface area (Å²) < 4.78 is 4.38. The number of hydrogen-bond donors (Lipinski definition) is 1. The number of rotatable bonds is 0. The van der Waals surface area contributed by atoms with Gasteiger partial charge in [-0.3, -0.25) is 0 Å². The molecular formula is C9H6O4. The van der Waals surface area contributed by atoms with Gasteiger partial charge in [0, 0.05) is 5.56 Å².